The lowest BCUT2D eigenvalue weighted by Crippen LogP contribution is -2.08. The van der Waals surface area contributed by atoms with Crippen LogP contribution in [0.2, 0.25) is 0 Å². The van der Waals surface area contributed by atoms with E-state index in [0.717, 1.165) is 62.7 Å². The number of hydrogen-bond donors (Lipinski definition) is 2. The highest BCUT2D eigenvalue weighted by Gasteiger charge is 2.09. The normalized spacial score (nSPS) is 10.9. The van der Waals surface area contributed by atoms with E-state index in [1.54, 1.807) is 48.5 Å². The van der Waals surface area contributed by atoms with E-state index in [4.69, 9.17) is 35.2 Å². The number of ether oxygens (including phenoxy) is 5. The zero-order chi connectivity index (χ0) is 32.3. The minimum absolute atomic E-state index is 0.349. The molecule has 3 rings (SSSR count). The Bertz CT molecular complexity index is 1350. The summed E-state index contributed by atoms with van der Waals surface area (Å²) in [7, 11) is 0. The molecule has 0 spiro atoms. The van der Waals surface area contributed by atoms with Crippen molar-refractivity contribution in [1.29, 1.82) is 0 Å². The monoisotopic (exact) mass is 618 g/mol. The van der Waals surface area contributed by atoms with E-state index in [1.165, 1.54) is 6.08 Å². The molecule has 4 N–H and O–H groups in total. The van der Waals surface area contributed by atoms with Crippen LogP contribution in [0.1, 0.15) is 81.1 Å². The van der Waals surface area contributed by atoms with Crippen LogP contribution < -0.4 is 30.4 Å². The summed E-state index contributed by atoms with van der Waals surface area (Å²) >= 11 is 0. The van der Waals surface area contributed by atoms with Crippen LogP contribution in [0, 0.1) is 0 Å². The number of esters is 2. The molecule has 0 atom stereocenters. The summed E-state index contributed by atoms with van der Waals surface area (Å²) in [6.45, 7) is 6.13. The smallest absolute Gasteiger partial charge is 0.338 e. The van der Waals surface area contributed by atoms with Crippen molar-refractivity contribution >= 4 is 29.4 Å². The van der Waals surface area contributed by atoms with Gasteiger partial charge in [0.2, 0.25) is 0 Å². The third kappa shape index (κ3) is 13.3. The molecule has 0 bridgehead atoms. The Morgan fingerprint density at radius 2 is 1.31 bits per heavy atom. The zero-order valence-corrected chi connectivity index (χ0v) is 26.4. The van der Waals surface area contributed by atoms with Crippen LogP contribution in [-0.4, -0.2) is 38.4 Å². The largest absolute Gasteiger partial charge is 0.494 e. The molecule has 0 amide bonds. The van der Waals surface area contributed by atoms with Crippen molar-refractivity contribution in [2.75, 3.05) is 37.9 Å². The topological polar surface area (TPSA) is 132 Å². The van der Waals surface area contributed by atoms with Gasteiger partial charge in [0.25, 0.3) is 0 Å². The molecule has 0 aliphatic heterocycles. The van der Waals surface area contributed by atoms with Crippen LogP contribution in [0.4, 0.5) is 11.4 Å². The Morgan fingerprint density at radius 1 is 0.667 bits per heavy atom. The van der Waals surface area contributed by atoms with E-state index in [0.29, 0.717) is 60.6 Å². The first-order chi connectivity index (χ1) is 21.9. The fourth-order valence-corrected chi connectivity index (χ4v) is 4.44. The van der Waals surface area contributed by atoms with E-state index in [1.807, 2.05) is 25.1 Å². The van der Waals surface area contributed by atoms with Crippen LogP contribution >= 0.6 is 0 Å². The average molecular weight is 619 g/mol. The van der Waals surface area contributed by atoms with Gasteiger partial charge in [-0.1, -0.05) is 45.1 Å². The predicted molar refractivity (Wildman–Crippen MR) is 178 cm³/mol. The van der Waals surface area contributed by atoms with Crippen molar-refractivity contribution < 1.29 is 33.3 Å². The highest BCUT2D eigenvalue weighted by molar-refractivity contribution is 5.91. The van der Waals surface area contributed by atoms with E-state index >= 15 is 0 Å². The van der Waals surface area contributed by atoms with Gasteiger partial charge < -0.3 is 35.2 Å². The van der Waals surface area contributed by atoms with Crippen molar-refractivity contribution in [2.24, 2.45) is 0 Å². The highest BCUT2D eigenvalue weighted by atomic mass is 16.5. The van der Waals surface area contributed by atoms with Gasteiger partial charge in [-0.3, -0.25) is 0 Å². The van der Waals surface area contributed by atoms with Gasteiger partial charge >= 0.3 is 11.9 Å². The molecule has 9 nitrogen and oxygen atoms in total. The summed E-state index contributed by atoms with van der Waals surface area (Å²) in [5.41, 5.74) is 13.5. The molecule has 0 saturated carbocycles. The molecular weight excluding hydrogens is 572 g/mol. The molecule has 0 radical (unpaired) electrons. The van der Waals surface area contributed by atoms with Crippen LogP contribution in [0.5, 0.6) is 23.0 Å². The number of carbonyl (C=O) groups is 2. The Kier molecular flexibility index (Phi) is 15.2. The SMILES string of the molecule is CCCCCOc1ccc(OC(=O)/C=C/c2ccc(OCCCCCCCOC(=O)c3cc(N)cc(N)c3)c(OCC)c2)cc1. The molecule has 3 aromatic rings. The lowest BCUT2D eigenvalue weighted by Gasteiger charge is -2.12. The maximum Gasteiger partial charge on any atom is 0.338 e. The first-order valence-electron chi connectivity index (χ1n) is 15.7. The van der Waals surface area contributed by atoms with Crippen molar-refractivity contribution in [1.82, 2.24) is 0 Å². The van der Waals surface area contributed by atoms with Crippen LogP contribution in [0.25, 0.3) is 6.08 Å². The number of nitrogen functional groups attached to an aromatic ring is 2. The van der Waals surface area contributed by atoms with Crippen molar-refractivity contribution in [3.8, 4) is 23.0 Å². The summed E-state index contributed by atoms with van der Waals surface area (Å²) in [4.78, 5) is 24.5. The molecule has 0 aliphatic carbocycles. The number of carbonyl (C=O) groups excluding carboxylic acids is 2. The molecule has 9 heteroatoms. The maximum atomic E-state index is 12.4. The van der Waals surface area contributed by atoms with E-state index < -0.39 is 11.9 Å². The van der Waals surface area contributed by atoms with Gasteiger partial charge in [0.15, 0.2) is 11.5 Å². The Balaban J connectivity index is 1.34. The zero-order valence-electron chi connectivity index (χ0n) is 26.4. The molecule has 242 valence electrons. The molecule has 0 saturated heterocycles. The van der Waals surface area contributed by atoms with Gasteiger partial charge in [-0.05, 0) is 92.4 Å². The Morgan fingerprint density at radius 3 is 2.02 bits per heavy atom. The van der Waals surface area contributed by atoms with Crippen LogP contribution in [-0.2, 0) is 9.53 Å². The van der Waals surface area contributed by atoms with Crippen LogP contribution in [0.3, 0.4) is 0 Å². The molecule has 45 heavy (non-hydrogen) atoms. The fourth-order valence-electron chi connectivity index (χ4n) is 4.44. The summed E-state index contributed by atoms with van der Waals surface area (Å²) in [5.74, 6) is 1.58. The summed E-state index contributed by atoms with van der Waals surface area (Å²) in [5, 5.41) is 0. The van der Waals surface area contributed by atoms with E-state index in [2.05, 4.69) is 6.92 Å². The quantitative estimate of drug-likeness (QED) is 0.0431. The van der Waals surface area contributed by atoms with E-state index in [-0.39, 0.29) is 0 Å². The standard InChI is InChI=1S/C36H46N2O7/c1-3-5-9-20-42-31-14-16-32(17-15-31)45-35(39)19-13-27-12-18-33(34(23-27)41-4-2)43-21-10-7-6-8-11-22-44-36(40)28-24-29(37)26-30(38)25-28/h12-19,23-26H,3-11,20-22,37-38H2,1-2H3/b19-13+. The second kappa shape index (κ2) is 19.6. The lowest BCUT2D eigenvalue weighted by atomic mass is 10.1. The number of benzene rings is 3. The average Bonchev–Trinajstić information content (AvgIpc) is 3.02. The van der Waals surface area contributed by atoms with Gasteiger partial charge in [0, 0.05) is 17.5 Å². The number of unbranched alkanes of at least 4 members (excludes halogenated alkanes) is 6. The molecular formula is C36H46N2O7. The molecule has 0 fully saturated rings. The molecule has 0 aliphatic rings. The van der Waals surface area contributed by atoms with Gasteiger partial charge in [0.05, 0.1) is 32.0 Å². The minimum Gasteiger partial charge on any atom is -0.494 e. The van der Waals surface area contributed by atoms with Crippen molar-refractivity contribution in [2.45, 2.75) is 65.2 Å². The number of rotatable bonds is 20. The number of anilines is 2. The third-order valence-electron chi connectivity index (χ3n) is 6.73. The van der Waals surface area contributed by atoms with Gasteiger partial charge in [-0.2, -0.15) is 0 Å². The molecule has 0 aromatic heterocycles. The number of nitrogens with two attached hydrogens (primary N) is 2. The molecule has 0 unspecified atom stereocenters. The van der Waals surface area contributed by atoms with Crippen molar-refractivity contribution in [3.63, 3.8) is 0 Å². The van der Waals surface area contributed by atoms with Gasteiger partial charge in [0.1, 0.15) is 11.5 Å². The Hall–Kier alpha value is -4.66. The van der Waals surface area contributed by atoms with E-state index in [9.17, 15) is 9.59 Å². The second-order valence-electron chi connectivity index (χ2n) is 10.6. The van der Waals surface area contributed by atoms with Gasteiger partial charge in [-0.15, -0.1) is 0 Å². The predicted octanol–water partition coefficient (Wildman–Crippen LogP) is 7.62. The fraction of sp³-hybridized carbons (Fsp3) is 0.389. The lowest BCUT2D eigenvalue weighted by molar-refractivity contribution is -0.128. The van der Waals surface area contributed by atoms with Gasteiger partial charge in [-0.25, -0.2) is 9.59 Å². The minimum atomic E-state index is -0.477. The van der Waals surface area contributed by atoms with Crippen LogP contribution in [0.15, 0.2) is 66.7 Å². The first-order valence-corrected chi connectivity index (χ1v) is 15.7. The Labute approximate surface area is 266 Å². The molecule has 3 aromatic carbocycles. The second-order valence-corrected chi connectivity index (χ2v) is 10.6. The maximum absolute atomic E-state index is 12.4. The highest BCUT2D eigenvalue weighted by Crippen LogP contribution is 2.29. The summed E-state index contributed by atoms with van der Waals surface area (Å²) < 4.78 is 28.2. The summed E-state index contributed by atoms with van der Waals surface area (Å²) in [6, 6.07) is 17.3. The van der Waals surface area contributed by atoms with Crippen molar-refractivity contribution in [3.05, 3.63) is 77.9 Å². The number of hydrogen-bond acceptors (Lipinski definition) is 9. The molecule has 0 heterocycles. The third-order valence-corrected chi connectivity index (χ3v) is 6.73. The summed E-state index contributed by atoms with van der Waals surface area (Å²) in [6.07, 6.45) is 11.0. The first kappa shape index (κ1) is 34.8.